The van der Waals surface area contributed by atoms with Crippen molar-refractivity contribution in [3.8, 4) is 11.4 Å². The molecule has 3 aliphatic carbocycles. The fourth-order valence-electron chi connectivity index (χ4n) is 5.17. The average molecular weight is 383 g/mol. The molecule has 28 heavy (non-hydrogen) atoms. The monoisotopic (exact) mass is 383 g/mol. The second kappa shape index (κ2) is 6.50. The molecular formula is C21H23F2N5. The first-order valence-corrected chi connectivity index (χ1v) is 9.94. The van der Waals surface area contributed by atoms with E-state index in [0.29, 0.717) is 45.7 Å². The van der Waals surface area contributed by atoms with E-state index < -0.39 is 5.82 Å². The molecule has 0 radical (unpaired) electrons. The third-order valence-electron chi connectivity index (χ3n) is 6.82. The molecule has 3 aliphatic rings. The number of nitrogens with one attached hydrogen (secondary N) is 2. The van der Waals surface area contributed by atoms with E-state index in [1.807, 2.05) is 0 Å². The first kappa shape index (κ1) is 17.5. The molecule has 0 aromatic carbocycles. The molecule has 3 aromatic rings. The summed E-state index contributed by atoms with van der Waals surface area (Å²) in [6, 6.07) is 0.230. The minimum absolute atomic E-state index is 0.228. The Morgan fingerprint density at radius 2 is 1.75 bits per heavy atom. The summed E-state index contributed by atoms with van der Waals surface area (Å²) < 4.78 is 28.5. The quantitative estimate of drug-likeness (QED) is 0.679. The zero-order chi connectivity index (χ0) is 19.4. The molecule has 0 amide bonds. The maximum atomic E-state index is 14.5. The van der Waals surface area contributed by atoms with Gasteiger partial charge in [-0.1, -0.05) is 6.92 Å². The molecular weight excluding hydrogens is 360 g/mol. The van der Waals surface area contributed by atoms with Crippen molar-refractivity contribution in [1.29, 1.82) is 0 Å². The maximum absolute atomic E-state index is 14.5. The van der Waals surface area contributed by atoms with Gasteiger partial charge in [-0.15, -0.1) is 0 Å². The first-order chi connectivity index (χ1) is 13.5. The smallest absolute Gasteiger partial charge is 0.183 e. The van der Waals surface area contributed by atoms with Crippen LogP contribution in [0, 0.1) is 36.3 Å². The van der Waals surface area contributed by atoms with Crippen LogP contribution in [0.25, 0.3) is 22.4 Å². The van der Waals surface area contributed by atoms with Crippen LogP contribution in [0.1, 0.15) is 38.2 Å². The molecule has 3 fully saturated rings. The Morgan fingerprint density at radius 3 is 2.50 bits per heavy atom. The van der Waals surface area contributed by atoms with Gasteiger partial charge >= 0.3 is 0 Å². The molecule has 2 atom stereocenters. The van der Waals surface area contributed by atoms with E-state index in [9.17, 15) is 8.78 Å². The van der Waals surface area contributed by atoms with Gasteiger partial charge in [0.1, 0.15) is 11.5 Å². The van der Waals surface area contributed by atoms with E-state index in [0.717, 1.165) is 0 Å². The Hall–Kier alpha value is -2.57. The minimum atomic E-state index is -0.460. The summed E-state index contributed by atoms with van der Waals surface area (Å²) in [5, 5.41) is 4.01. The lowest BCUT2D eigenvalue weighted by molar-refractivity contribution is 0.0926. The van der Waals surface area contributed by atoms with Crippen LogP contribution in [0.15, 0.2) is 18.6 Å². The van der Waals surface area contributed by atoms with Gasteiger partial charge in [0, 0.05) is 23.2 Å². The van der Waals surface area contributed by atoms with Crippen LogP contribution in [0.3, 0.4) is 0 Å². The topological polar surface area (TPSA) is 66.5 Å². The summed E-state index contributed by atoms with van der Waals surface area (Å²) >= 11 is 0. The van der Waals surface area contributed by atoms with Crippen LogP contribution in [0.2, 0.25) is 0 Å². The summed E-state index contributed by atoms with van der Waals surface area (Å²) in [5.74, 6) is 1.51. The lowest BCUT2D eigenvalue weighted by Crippen LogP contribution is -2.47. The number of aromatic nitrogens is 4. The van der Waals surface area contributed by atoms with Crippen molar-refractivity contribution in [2.45, 2.75) is 45.6 Å². The second-order valence-corrected chi connectivity index (χ2v) is 8.25. The SMILES string of the molecule is Cc1c(F)cnc2[nH]cc(-c3ncc(F)c(NC4C5CCC(CC5)C4C)n3)c12. The number of nitrogens with zero attached hydrogens (tertiary/aromatic N) is 3. The minimum Gasteiger partial charge on any atom is -0.364 e. The van der Waals surface area contributed by atoms with Crippen molar-refractivity contribution in [2.24, 2.45) is 17.8 Å². The number of rotatable bonds is 3. The molecule has 2 unspecified atom stereocenters. The van der Waals surface area contributed by atoms with Crippen molar-refractivity contribution < 1.29 is 8.78 Å². The van der Waals surface area contributed by atoms with Gasteiger partial charge in [0.25, 0.3) is 0 Å². The van der Waals surface area contributed by atoms with Crippen LogP contribution in [0.4, 0.5) is 14.6 Å². The summed E-state index contributed by atoms with van der Waals surface area (Å²) in [4.78, 5) is 15.8. The number of hydrogen-bond donors (Lipinski definition) is 2. The van der Waals surface area contributed by atoms with Gasteiger partial charge < -0.3 is 10.3 Å². The van der Waals surface area contributed by atoms with Crippen molar-refractivity contribution in [1.82, 2.24) is 19.9 Å². The third-order valence-corrected chi connectivity index (χ3v) is 6.82. The van der Waals surface area contributed by atoms with Crippen LogP contribution < -0.4 is 5.32 Å². The third kappa shape index (κ3) is 2.67. The van der Waals surface area contributed by atoms with E-state index >= 15 is 0 Å². The summed E-state index contributed by atoms with van der Waals surface area (Å²) in [5.41, 5.74) is 1.66. The van der Waals surface area contributed by atoms with E-state index in [-0.39, 0.29) is 17.7 Å². The summed E-state index contributed by atoms with van der Waals surface area (Å²) in [6.07, 6.45) is 9.01. The highest BCUT2D eigenvalue weighted by molar-refractivity contribution is 5.94. The molecule has 2 N–H and O–H groups in total. The van der Waals surface area contributed by atoms with Crippen LogP contribution in [-0.2, 0) is 0 Å². The molecule has 0 spiro atoms. The number of fused-ring (bicyclic) bond motifs is 4. The zero-order valence-electron chi connectivity index (χ0n) is 16.0. The Balaban J connectivity index is 1.53. The molecule has 0 aliphatic heterocycles. The summed E-state index contributed by atoms with van der Waals surface area (Å²) in [7, 11) is 0. The highest BCUT2D eigenvalue weighted by Crippen LogP contribution is 2.46. The number of H-pyrrole nitrogens is 1. The van der Waals surface area contributed by atoms with Gasteiger partial charge in [0.2, 0.25) is 0 Å². The number of hydrogen-bond acceptors (Lipinski definition) is 4. The first-order valence-electron chi connectivity index (χ1n) is 9.94. The van der Waals surface area contributed by atoms with E-state index in [4.69, 9.17) is 0 Å². The number of pyridine rings is 1. The predicted molar refractivity (Wildman–Crippen MR) is 104 cm³/mol. The number of aromatic amines is 1. The van der Waals surface area contributed by atoms with E-state index in [1.54, 1.807) is 13.1 Å². The molecule has 7 heteroatoms. The normalized spacial score (nSPS) is 26.7. The Bertz CT molecular complexity index is 1040. The van der Waals surface area contributed by atoms with Gasteiger partial charge in [0.05, 0.1) is 12.4 Å². The van der Waals surface area contributed by atoms with Crippen molar-refractivity contribution >= 4 is 16.9 Å². The largest absolute Gasteiger partial charge is 0.364 e. The fourth-order valence-corrected chi connectivity index (χ4v) is 5.17. The van der Waals surface area contributed by atoms with Gasteiger partial charge in [-0.05, 0) is 55.9 Å². The molecule has 0 saturated heterocycles. The highest BCUT2D eigenvalue weighted by atomic mass is 19.1. The highest BCUT2D eigenvalue weighted by Gasteiger charge is 2.41. The number of aryl methyl sites for hydroxylation is 1. The predicted octanol–water partition coefficient (Wildman–Crippen LogP) is 4.84. The van der Waals surface area contributed by atoms with Gasteiger partial charge in [-0.3, -0.25) is 0 Å². The van der Waals surface area contributed by atoms with E-state index in [2.05, 4.69) is 32.2 Å². The van der Waals surface area contributed by atoms with Gasteiger partial charge in [-0.2, -0.15) is 0 Å². The average Bonchev–Trinajstić information content (AvgIpc) is 3.14. The molecule has 3 aromatic heterocycles. The molecule has 5 nitrogen and oxygen atoms in total. The molecule has 2 bridgehead atoms. The standard InChI is InChI=1S/C21H23F2N5/c1-10-12-3-5-13(6-4-12)18(10)27-20-16(23)9-25-19(28-20)14-7-24-21-17(14)11(2)15(22)8-26-21/h7-10,12-13,18H,3-6H2,1-2H3,(H,24,26)(H,25,27,28). The molecule has 3 saturated carbocycles. The number of anilines is 1. The Morgan fingerprint density at radius 1 is 1.04 bits per heavy atom. The lowest BCUT2D eigenvalue weighted by atomic mass is 9.62. The summed E-state index contributed by atoms with van der Waals surface area (Å²) in [6.45, 7) is 3.95. The van der Waals surface area contributed by atoms with Crippen LogP contribution >= 0.6 is 0 Å². The maximum Gasteiger partial charge on any atom is 0.183 e. The van der Waals surface area contributed by atoms with Crippen molar-refractivity contribution in [3.05, 3.63) is 35.8 Å². The van der Waals surface area contributed by atoms with Crippen molar-refractivity contribution in [3.63, 3.8) is 0 Å². The molecule has 6 rings (SSSR count). The number of halogens is 2. The van der Waals surface area contributed by atoms with Gasteiger partial charge in [0.15, 0.2) is 17.5 Å². The molecule has 3 heterocycles. The van der Waals surface area contributed by atoms with Gasteiger partial charge in [-0.25, -0.2) is 23.7 Å². The Kier molecular flexibility index (Phi) is 4.07. The van der Waals surface area contributed by atoms with Crippen molar-refractivity contribution in [2.75, 3.05) is 5.32 Å². The fraction of sp³-hybridized carbons (Fsp3) is 0.476. The Labute approximate surface area is 162 Å². The molecule has 146 valence electrons. The van der Waals surface area contributed by atoms with E-state index in [1.165, 1.54) is 38.1 Å². The van der Waals surface area contributed by atoms with Crippen LogP contribution in [0.5, 0.6) is 0 Å². The second-order valence-electron chi connectivity index (χ2n) is 8.25. The zero-order valence-corrected chi connectivity index (χ0v) is 16.0. The lowest BCUT2D eigenvalue weighted by Gasteiger charge is -2.47. The van der Waals surface area contributed by atoms with Crippen LogP contribution in [-0.4, -0.2) is 26.0 Å².